The highest BCUT2D eigenvalue weighted by atomic mass is 79.9. The molecule has 6 heterocycles. The molecular weight excluding hydrogens is 891 g/mol. The molecule has 336 valence electrons. The summed E-state index contributed by atoms with van der Waals surface area (Å²) in [4.78, 5) is 42.8. The van der Waals surface area contributed by atoms with Crippen LogP contribution < -0.4 is 0 Å². The maximum absolute atomic E-state index is 14.7. The number of aliphatic hydroxyl groups is 1. The fourth-order valence-electron chi connectivity index (χ4n) is 9.76. The maximum Gasteiger partial charge on any atom is 0.361 e. The Kier molecular flexibility index (Phi) is 13.5. The molecule has 5 aliphatic rings. The number of carbonyl (C=O) groups excluding carboxylic acids is 3. The Morgan fingerprint density at radius 3 is 2.62 bits per heavy atom. The molecule has 12 atom stereocenters. The zero-order chi connectivity index (χ0) is 44.6. The van der Waals surface area contributed by atoms with Gasteiger partial charge in [-0.1, -0.05) is 97.7 Å². The molecule has 63 heavy (non-hydrogen) atoms. The third-order valence-electron chi connectivity index (χ3n) is 13.4. The van der Waals surface area contributed by atoms with E-state index in [1.165, 1.54) is 17.4 Å². The first kappa shape index (κ1) is 45.4. The summed E-state index contributed by atoms with van der Waals surface area (Å²) in [6.07, 6.45) is 8.73. The average Bonchev–Trinajstić information content (AvgIpc) is 4.05. The van der Waals surface area contributed by atoms with E-state index in [4.69, 9.17) is 32.9 Å². The first-order chi connectivity index (χ1) is 30.2. The van der Waals surface area contributed by atoms with Crippen LogP contribution in [-0.2, 0) is 33.2 Å². The number of nitrogens with zero attached hydrogens (tertiary/aromatic N) is 1. The Bertz CT molecular complexity index is 2290. The van der Waals surface area contributed by atoms with Crippen LogP contribution in [0.1, 0.15) is 101 Å². The van der Waals surface area contributed by atoms with Crippen LogP contribution in [0.2, 0.25) is 0 Å². The molecule has 0 saturated carbocycles. The molecule has 8 rings (SSSR count). The van der Waals surface area contributed by atoms with Crippen molar-refractivity contribution in [3.05, 3.63) is 111 Å². The summed E-state index contributed by atoms with van der Waals surface area (Å²) in [6.45, 7) is 12.2. The normalized spacial score (nSPS) is 36.1. The van der Waals surface area contributed by atoms with Crippen molar-refractivity contribution in [2.75, 3.05) is 6.61 Å². The molecule has 0 unspecified atom stereocenters. The molecule has 2 aromatic heterocycles. The number of benzene rings is 1. The quantitative estimate of drug-likeness (QED) is 0.136. The van der Waals surface area contributed by atoms with Gasteiger partial charge in [0.25, 0.3) is 0 Å². The molecule has 14 heteroatoms. The Morgan fingerprint density at radius 1 is 1.05 bits per heavy atom. The van der Waals surface area contributed by atoms with Crippen LogP contribution in [0, 0.1) is 23.7 Å². The van der Waals surface area contributed by atoms with Gasteiger partial charge in [-0.3, -0.25) is 4.79 Å². The van der Waals surface area contributed by atoms with Gasteiger partial charge >= 0.3 is 17.9 Å². The Labute approximate surface area is 380 Å². The van der Waals surface area contributed by atoms with Crippen molar-refractivity contribution in [1.29, 1.82) is 0 Å². The highest BCUT2D eigenvalue weighted by Gasteiger charge is 2.61. The number of carbonyl (C=O) groups is 3. The van der Waals surface area contributed by atoms with Gasteiger partial charge in [-0.15, -0.1) is 11.3 Å². The average molecular weight is 947 g/mol. The van der Waals surface area contributed by atoms with E-state index in [0.717, 1.165) is 27.8 Å². The summed E-state index contributed by atoms with van der Waals surface area (Å²) in [5, 5.41) is 18.8. The minimum Gasteiger partial charge on any atom is -0.462 e. The number of fused-ring (bicyclic) bond motifs is 2. The van der Waals surface area contributed by atoms with Gasteiger partial charge in [0.15, 0.2) is 23.3 Å². The summed E-state index contributed by atoms with van der Waals surface area (Å²) < 4.78 is 45.2. The van der Waals surface area contributed by atoms with E-state index < -0.39 is 65.7 Å². The Morgan fingerprint density at radius 2 is 1.86 bits per heavy atom. The van der Waals surface area contributed by atoms with Crippen LogP contribution in [0.5, 0.6) is 0 Å². The van der Waals surface area contributed by atoms with Gasteiger partial charge in [0.05, 0.1) is 29.3 Å². The van der Waals surface area contributed by atoms with Crippen molar-refractivity contribution in [3.63, 3.8) is 0 Å². The van der Waals surface area contributed by atoms with Crippen LogP contribution in [0.3, 0.4) is 0 Å². The number of ether oxygens (including phenoxy) is 6. The van der Waals surface area contributed by atoms with Crippen molar-refractivity contribution in [2.45, 2.75) is 128 Å². The fraction of sp³-hybridized carbons (Fsp3) is 0.510. The van der Waals surface area contributed by atoms with Gasteiger partial charge in [0, 0.05) is 35.7 Å². The minimum absolute atomic E-state index is 0.0409. The second-order valence-corrected chi connectivity index (χ2v) is 19.8. The molecule has 4 aliphatic heterocycles. The number of rotatable bonds is 7. The number of hydrogen-bond donors (Lipinski definition) is 1. The lowest BCUT2D eigenvalue weighted by molar-refractivity contribution is -0.340. The zero-order valence-corrected chi connectivity index (χ0v) is 38.9. The summed E-state index contributed by atoms with van der Waals surface area (Å²) in [7, 11) is 0. The second kappa shape index (κ2) is 18.7. The molecule has 1 N–H and O–H groups in total. The topological polar surface area (TPSA) is 153 Å². The molecule has 1 aliphatic carbocycles. The molecular formula is C49H56BrNO11S. The first-order valence-corrected chi connectivity index (χ1v) is 23.7. The predicted octanol–water partition coefficient (Wildman–Crippen LogP) is 9.74. The predicted molar refractivity (Wildman–Crippen MR) is 239 cm³/mol. The smallest absolute Gasteiger partial charge is 0.361 e. The SMILES string of the molecule is CC[C@H](C)[C@H]1O[C@]2(CC[C@@H]1C)C[C@@H]1C[C@@H](C/C=C(\C)[C@@H](OC(=O)c3cccc(Br)c3)[C@@H](C)/C=C/C=C3\CO[C@@H]4[C@H](OC(=O)c5cc(-c6cccs6)on5)C(C)=C[C@@H](C(=O)O1)[C@]34O)O2. The molecule has 2 bridgehead atoms. The van der Waals surface area contributed by atoms with Crippen molar-refractivity contribution in [2.24, 2.45) is 23.7 Å². The number of aromatic nitrogens is 1. The molecule has 0 amide bonds. The van der Waals surface area contributed by atoms with Gasteiger partial charge in [-0.05, 0) is 84.9 Å². The Balaban J connectivity index is 1.15. The summed E-state index contributed by atoms with van der Waals surface area (Å²) in [6, 6.07) is 12.3. The van der Waals surface area contributed by atoms with E-state index in [9.17, 15) is 19.5 Å². The van der Waals surface area contributed by atoms with Crippen LogP contribution in [0.25, 0.3) is 10.6 Å². The van der Waals surface area contributed by atoms with E-state index in [1.807, 2.05) is 43.5 Å². The lowest BCUT2D eigenvalue weighted by Gasteiger charge is -2.51. The lowest BCUT2D eigenvalue weighted by atomic mass is 9.70. The van der Waals surface area contributed by atoms with Crippen LogP contribution in [0.15, 0.2) is 104 Å². The molecule has 0 radical (unpaired) electrons. The van der Waals surface area contributed by atoms with Crippen molar-refractivity contribution in [3.8, 4) is 10.6 Å². The molecule has 1 aromatic carbocycles. The van der Waals surface area contributed by atoms with E-state index in [0.29, 0.717) is 54.1 Å². The van der Waals surface area contributed by atoms with Gasteiger partial charge in [-0.2, -0.15) is 0 Å². The summed E-state index contributed by atoms with van der Waals surface area (Å²) in [5.41, 5.74) is 0.141. The van der Waals surface area contributed by atoms with Gasteiger partial charge in [0.1, 0.15) is 29.8 Å². The molecule has 3 fully saturated rings. The van der Waals surface area contributed by atoms with Gasteiger partial charge in [-0.25, -0.2) is 9.59 Å². The number of halogens is 1. The van der Waals surface area contributed by atoms with Crippen molar-refractivity contribution < 1.29 is 52.4 Å². The van der Waals surface area contributed by atoms with Crippen molar-refractivity contribution >= 4 is 45.2 Å². The second-order valence-electron chi connectivity index (χ2n) is 17.9. The van der Waals surface area contributed by atoms with Crippen molar-refractivity contribution in [1.82, 2.24) is 5.16 Å². The Hall–Kier alpha value is -4.18. The molecule has 1 spiro atoms. The number of allylic oxidation sites excluding steroid dienone is 2. The zero-order valence-electron chi connectivity index (χ0n) is 36.5. The monoisotopic (exact) mass is 945 g/mol. The third-order valence-corrected chi connectivity index (χ3v) is 14.8. The van der Waals surface area contributed by atoms with E-state index in [1.54, 1.807) is 43.4 Å². The largest absolute Gasteiger partial charge is 0.462 e. The van der Waals surface area contributed by atoms with Crippen LogP contribution >= 0.6 is 27.3 Å². The van der Waals surface area contributed by atoms with Gasteiger partial charge in [0.2, 0.25) is 0 Å². The van der Waals surface area contributed by atoms with Gasteiger partial charge < -0.3 is 38.1 Å². The van der Waals surface area contributed by atoms with Crippen LogP contribution in [0.4, 0.5) is 0 Å². The standard InChI is InChI=1S/C49H56BrNO11S/c1-7-27(2)42-30(5)18-19-48(61-42)25-36-23-35(60-48)17-16-29(4)41(58-45(52)32-12-9-14-34(50)22-32)28(3)11-8-13-33-26-56-44-43(31(6)21-37(46(53)57-36)49(33,44)55)59-47(54)38-24-39(62-51-38)40-15-10-20-63-40/h8-16,20-22,24,27-28,30,35-37,41-44,55H,7,17-19,23,25-26H2,1-6H3/b11-8+,29-16+,33-13+/t27-,28-,30-,35+,36-,37-,41-,42+,43+,44+,48+,49+/m0/s1. The maximum atomic E-state index is 14.7. The van der Waals surface area contributed by atoms with Crippen LogP contribution in [-0.4, -0.2) is 82.8 Å². The molecule has 12 nitrogen and oxygen atoms in total. The van der Waals surface area contributed by atoms with E-state index in [2.05, 4.69) is 47.9 Å². The summed E-state index contributed by atoms with van der Waals surface area (Å²) in [5.74, 6) is -3.36. The van der Waals surface area contributed by atoms with E-state index in [-0.39, 0.29) is 30.2 Å². The number of hydrogen-bond acceptors (Lipinski definition) is 13. The fourth-order valence-corrected chi connectivity index (χ4v) is 10.8. The third kappa shape index (κ3) is 9.35. The first-order valence-electron chi connectivity index (χ1n) is 22.0. The number of esters is 3. The summed E-state index contributed by atoms with van der Waals surface area (Å²) >= 11 is 4.91. The highest BCUT2D eigenvalue weighted by Crippen LogP contribution is 2.49. The minimum atomic E-state index is -1.97. The molecule has 3 aromatic rings. The van der Waals surface area contributed by atoms with E-state index >= 15 is 0 Å². The number of thiophene rings is 1. The molecule has 3 saturated heterocycles. The highest BCUT2D eigenvalue weighted by molar-refractivity contribution is 9.10. The lowest BCUT2D eigenvalue weighted by Crippen LogP contribution is -2.59.